The van der Waals surface area contributed by atoms with Crippen molar-refractivity contribution in [2.75, 3.05) is 13.1 Å². The number of carbonyl (C=O) groups excluding carboxylic acids is 10. The van der Waals surface area contributed by atoms with Gasteiger partial charge in [-0.2, -0.15) is 0 Å². The molecule has 0 aliphatic carbocycles. The Hall–Kier alpha value is -6.97. The van der Waals surface area contributed by atoms with Crippen LogP contribution in [-0.2, 0) is 62.3 Å². The summed E-state index contributed by atoms with van der Waals surface area (Å²) in [6.45, 7) is 14.5. The van der Waals surface area contributed by atoms with Crippen LogP contribution in [0.25, 0.3) is 0 Å². The van der Waals surface area contributed by atoms with Gasteiger partial charge in [0.05, 0.1) is 12.6 Å². The van der Waals surface area contributed by atoms with Crippen molar-refractivity contribution in [3.05, 3.63) is 0 Å². The van der Waals surface area contributed by atoms with Crippen LogP contribution >= 0.6 is 0 Å². The molecule has 0 aromatic rings. The normalized spacial score (nSPS) is 14.7. The zero-order chi connectivity index (χ0) is 59.3. The van der Waals surface area contributed by atoms with Crippen LogP contribution in [-0.4, -0.2) is 160 Å². The van der Waals surface area contributed by atoms with E-state index in [0.717, 1.165) is 0 Å². The summed E-state index contributed by atoms with van der Waals surface area (Å²) in [7, 11) is 0. The lowest BCUT2D eigenvalue weighted by molar-refractivity contribution is -0.143. The number of aliphatic carboxylic acids is 3. The molecule has 18 N–H and O–H groups in total. The van der Waals surface area contributed by atoms with E-state index in [9.17, 15) is 77.6 Å². The Bertz CT molecular complexity index is 2040. The van der Waals surface area contributed by atoms with E-state index in [1.807, 2.05) is 0 Å². The maximum absolute atomic E-state index is 13.8. The summed E-state index contributed by atoms with van der Waals surface area (Å²) in [6.07, 6.45) is -1.46. The molecule has 438 valence electrons. The highest BCUT2D eigenvalue weighted by Gasteiger charge is 2.35. The Balaban J connectivity index is 6.31. The van der Waals surface area contributed by atoms with Gasteiger partial charge in [-0.3, -0.25) is 57.5 Å². The highest BCUT2D eigenvalue weighted by atomic mass is 16.4. The molecular weight excluding hydrogens is 1010 g/mol. The predicted octanol–water partition coefficient (Wildman–Crippen LogP) is -2.67. The maximum Gasteiger partial charge on any atom is 0.326 e. The molecule has 28 heteroatoms. The fourth-order valence-electron chi connectivity index (χ4n) is 7.45. The van der Waals surface area contributed by atoms with Gasteiger partial charge in [0, 0.05) is 19.3 Å². The smallest absolute Gasteiger partial charge is 0.326 e. The van der Waals surface area contributed by atoms with Gasteiger partial charge in [0.2, 0.25) is 59.1 Å². The van der Waals surface area contributed by atoms with Gasteiger partial charge in [-0.25, -0.2) is 4.79 Å². The average molecular weight is 1100 g/mol. The third-order valence-corrected chi connectivity index (χ3v) is 11.6. The SMILES string of the molecule is CC(C)C[C@H](NC(=O)[C@H](CCC(=O)O)NC(=O)[C@@H](NC(=O)[C@H](CC(C)C)NC(=O)CNC(=O)[C@H](CC(C)C)NC(=O)[C@H](CCC(=O)O)NC(=O)[C@H](CCC(N)=O)NC(=O)[C@H](C)NC(=O)[C@@H](N)CCCCN)C(C)C)C(=O)O. The minimum atomic E-state index is -1.64. The molecule has 0 saturated carbocycles. The second-order valence-electron chi connectivity index (χ2n) is 20.6. The van der Waals surface area contributed by atoms with E-state index in [-0.39, 0.29) is 49.9 Å². The average Bonchev–Trinajstić information content (AvgIpc) is 3.31. The van der Waals surface area contributed by atoms with Crippen molar-refractivity contribution in [1.29, 1.82) is 0 Å². The van der Waals surface area contributed by atoms with Crippen LogP contribution in [0, 0.1) is 23.7 Å². The van der Waals surface area contributed by atoms with E-state index < -0.39 is 176 Å². The number of carbonyl (C=O) groups is 13. The standard InChI is InChI=1S/C49H86N12O16/c1-24(2)20-33(59-45(72)31(14-17-38(64)65)57-44(71)30(13-16-36(52)62)56-41(68)28(9)54-42(69)29(51)12-10-11-19-50)43(70)53-23-37(63)55-34(21-25(3)4)47(74)61-40(27(7)8)48(75)58-32(15-18-39(66)67)46(73)60-35(49(76)77)22-26(5)6/h24-35,40H,10-23,50-51H2,1-9H3,(H2,52,62)(H,53,70)(H,54,69)(H,55,63)(H,56,68)(H,57,71)(H,58,75)(H,59,72)(H,60,73)(H,61,74)(H,64,65)(H,66,67)(H,76,77)/t28-,29-,30-,31-,32-,33-,34-,35-,40-/m0/s1. The molecule has 0 heterocycles. The van der Waals surface area contributed by atoms with Crippen LogP contribution < -0.4 is 65.1 Å². The zero-order valence-corrected chi connectivity index (χ0v) is 45.8. The Kier molecular flexibility index (Phi) is 32.9. The fourth-order valence-corrected chi connectivity index (χ4v) is 7.45. The van der Waals surface area contributed by atoms with Gasteiger partial charge in [-0.15, -0.1) is 0 Å². The molecule has 0 aromatic heterocycles. The molecule has 10 amide bonds. The summed E-state index contributed by atoms with van der Waals surface area (Å²) in [6, 6.07) is -12.3. The quantitative estimate of drug-likeness (QED) is 0.0279. The van der Waals surface area contributed by atoms with Crippen LogP contribution in [0.15, 0.2) is 0 Å². The van der Waals surface area contributed by atoms with Crippen LogP contribution in [0.5, 0.6) is 0 Å². The number of nitrogens with one attached hydrogen (secondary N) is 9. The first kappa shape index (κ1) is 70.0. The Morgan fingerprint density at radius 3 is 1.26 bits per heavy atom. The molecule has 0 aliphatic rings. The number of primary amides is 1. The fraction of sp³-hybridized carbons (Fsp3) is 0.735. The van der Waals surface area contributed by atoms with E-state index in [2.05, 4.69) is 47.9 Å². The highest BCUT2D eigenvalue weighted by Crippen LogP contribution is 2.13. The number of unbranched alkanes of at least 4 members (excludes halogenated alkanes) is 1. The van der Waals surface area contributed by atoms with Gasteiger partial charge >= 0.3 is 17.9 Å². The Labute approximate surface area is 449 Å². The van der Waals surface area contributed by atoms with Crippen molar-refractivity contribution in [3.63, 3.8) is 0 Å². The second-order valence-corrected chi connectivity index (χ2v) is 20.6. The number of rotatable bonds is 39. The van der Waals surface area contributed by atoms with Gasteiger partial charge in [0.15, 0.2) is 0 Å². The first-order valence-corrected chi connectivity index (χ1v) is 25.9. The van der Waals surface area contributed by atoms with Gasteiger partial charge < -0.3 is 80.4 Å². The van der Waals surface area contributed by atoms with Crippen LogP contribution in [0.4, 0.5) is 0 Å². The molecule has 0 fully saturated rings. The molecule has 0 saturated heterocycles. The van der Waals surface area contributed by atoms with Crippen LogP contribution in [0.1, 0.15) is 139 Å². The highest BCUT2D eigenvalue weighted by molar-refractivity contribution is 5.98. The predicted molar refractivity (Wildman–Crippen MR) is 278 cm³/mol. The minimum absolute atomic E-state index is 0.0246. The van der Waals surface area contributed by atoms with Gasteiger partial charge in [0.1, 0.15) is 48.3 Å². The van der Waals surface area contributed by atoms with Crippen molar-refractivity contribution in [2.45, 2.75) is 194 Å². The zero-order valence-electron chi connectivity index (χ0n) is 45.8. The summed E-state index contributed by atoms with van der Waals surface area (Å²) < 4.78 is 0. The van der Waals surface area contributed by atoms with E-state index >= 15 is 0 Å². The van der Waals surface area contributed by atoms with E-state index in [1.165, 1.54) is 6.92 Å². The van der Waals surface area contributed by atoms with Gasteiger partial charge in [-0.1, -0.05) is 61.8 Å². The molecule has 0 unspecified atom stereocenters. The number of hydrogen-bond acceptors (Lipinski definition) is 15. The molecule has 9 atom stereocenters. The number of nitrogens with two attached hydrogens (primary N) is 3. The van der Waals surface area contributed by atoms with E-state index in [1.54, 1.807) is 55.4 Å². The lowest BCUT2D eigenvalue weighted by atomic mass is 9.99. The number of carboxylic acids is 3. The third kappa shape index (κ3) is 29.8. The molecule has 28 nitrogen and oxygen atoms in total. The van der Waals surface area contributed by atoms with Crippen molar-refractivity contribution in [2.24, 2.45) is 40.9 Å². The Morgan fingerprint density at radius 1 is 0.429 bits per heavy atom. The molecule has 0 rings (SSSR count). The largest absolute Gasteiger partial charge is 0.481 e. The Morgan fingerprint density at radius 2 is 0.831 bits per heavy atom. The molecular formula is C49H86N12O16. The summed E-state index contributed by atoms with van der Waals surface area (Å²) in [5, 5.41) is 50.4. The lowest BCUT2D eigenvalue weighted by Gasteiger charge is -2.28. The first-order chi connectivity index (χ1) is 35.8. The monoisotopic (exact) mass is 1100 g/mol. The van der Waals surface area contributed by atoms with Gasteiger partial charge in [0.25, 0.3) is 0 Å². The molecule has 0 radical (unpaired) electrons. The van der Waals surface area contributed by atoms with E-state index in [0.29, 0.717) is 19.4 Å². The molecule has 0 aliphatic heterocycles. The summed E-state index contributed by atoms with van der Waals surface area (Å²) >= 11 is 0. The molecule has 0 spiro atoms. The van der Waals surface area contributed by atoms with Gasteiger partial charge in [-0.05, 0) is 88.5 Å². The second kappa shape index (κ2) is 36.1. The molecule has 77 heavy (non-hydrogen) atoms. The van der Waals surface area contributed by atoms with Crippen LogP contribution in [0.2, 0.25) is 0 Å². The van der Waals surface area contributed by atoms with Crippen LogP contribution in [0.3, 0.4) is 0 Å². The van der Waals surface area contributed by atoms with Crippen molar-refractivity contribution in [1.82, 2.24) is 47.9 Å². The summed E-state index contributed by atoms with van der Waals surface area (Å²) in [4.78, 5) is 168. The first-order valence-electron chi connectivity index (χ1n) is 25.9. The van der Waals surface area contributed by atoms with Crippen molar-refractivity contribution in [3.8, 4) is 0 Å². The van der Waals surface area contributed by atoms with E-state index in [4.69, 9.17) is 17.2 Å². The lowest BCUT2D eigenvalue weighted by Crippen LogP contribution is -2.60. The third-order valence-electron chi connectivity index (χ3n) is 11.6. The summed E-state index contributed by atoms with van der Waals surface area (Å²) in [5.74, 6) is -14.2. The summed E-state index contributed by atoms with van der Waals surface area (Å²) in [5.41, 5.74) is 16.7. The molecule has 0 bridgehead atoms. The maximum atomic E-state index is 13.8. The number of carboxylic acid groups (broad SMARTS) is 3. The topological polar surface area (TPSA) is 469 Å². The minimum Gasteiger partial charge on any atom is -0.481 e. The van der Waals surface area contributed by atoms with Crippen molar-refractivity contribution < 1.29 is 77.6 Å². The van der Waals surface area contributed by atoms with Crippen molar-refractivity contribution >= 4 is 77.0 Å². The number of amides is 10. The molecule has 0 aromatic carbocycles. The number of hydrogen-bond donors (Lipinski definition) is 15.